The molecule has 5 N–H and O–H groups in total. The van der Waals surface area contributed by atoms with Gasteiger partial charge in [-0.15, -0.1) is 0 Å². The standard InChI is InChI=1S/C23H28FN5O2/c24-17-3-1-15(2-4-17)20-12-19(29-7-9-31-10-8-29)14-27-22(20)23(30)28-18-5-6-21(26)16(11-18)13-25/h1-6,11,13,19-20,22,25,27H,7-10,12,14,26H2,(H,28,30). The zero-order valence-corrected chi connectivity index (χ0v) is 17.3. The fourth-order valence-electron chi connectivity index (χ4n) is 4.45. The van der Waals surface area contributed by atoms with Crippen LogP contribution in [0.1, 0.15) is 23.5 Å². The first-order chi connectivity index (χ1) is 15.0. The number of hydrogen-bond donors (Lipinski definition) is 4. The lowest BCUT2D eigenvalue weighted by Gasteiger charge is -2.42. The number of nitrogen functional groups attached to an aromatic ring is 1. The Hall–Kier alpha value is -2.81. The average molecular weight is 426 g/mol. The van der Waals surface area contributed by atoms with Gasteiger partial charge in [0.05, 0.1) is 19.3 Å². The number of piperidine rings is 1. The van der Waals surface area contributed by atoms with Gasteiger partial charge >= 0.3 is 0 Å². The Morgan fingerprint density at radius 1 is 1.23 bits per heavy atom. The van der Waals surface area contributed by atoms with Crippen LogP contribution in [0.25, 0.3) is 0 Å². The maximum Gasteiger partial charge on any atom is 0.242 e. The fourth-order valence-corrected chi connectivity index (χ4v) is 4.45. The number of carbonyl (C=O) groups excluding carboxylic acids is 1. The van der Waals surface area contributed by atoms with E-state index in [0.717, 1.165) is 31.3 Å². The number of hydrogen-bond acceptors (Lipinski definition) is 6. The van der Waals surface area contributed by atoms with Crippen molar-refractivity contribution in [2.45, 2.75) is 24.4 Å². The van der Waals surface area contributed by atoms with Crippen LogP contribution in [0.4, 0.5) is 15.8 Å². The number of halogens is 1. The topological polar surface area (TPSA) is 103 Å². The van der Waals surface area contributed by atoms with Crippen LogP contribution in [0, 0.1) is 11.2 Å². The second kappa shape index (κ2) is 9.55. The van der Waals surface area contributed by atoms with Gasteiger partial charge in [-0.25, -0.2) is 4.39 Å². The first-order valence-corrected chi connectivity index (χ1v) is 10.6. The van der Waals surface area contributed by atoms with Gasteiger partial charge in [-0.3, -0.25) is 9.69 Å². The average Bonchev–Trinajstić information content (AvgIpc) is 2.81. The maximum absolute atomic E-state index is 13.5. The summed E-state index contributed by atoms with van der Waals surface area (Å²) in [4.78, 5) is 15.6. The van der Waals surface area contributed by atoms with Crippen molar-refractivity contribution in [2.24, 2.45) is 0 Å². The summed E-state index contributed by atoms with van der Waals surface area (Å²) in [5.74, 6) is -0.548. The predicted octanol–water partition coefficient (Wildman–Crippen LogP) is 2.19. The Kier molecular flexibility index (Phi) is 6.60. The first kappa shape index (κ1) is 21.4. The number of amides is 1. The van der Waals surface area contributed by atoms with Crippen LogP contribution in [-0.4, -0.2) is 62.0 Å². The van der Waals surface area contributed by atoms with Crippen LogP contribution < -0.4 is 16.4 Å². The minimum absolute atomic E-state index is 0.0989. The summed E-state index contributed by atoms with van der Waals surface area (Å²) in [7, 11) is 0. The van der Waals surface area contributed by atoms with E-state index in [2.05, 4.69) is 15.5 Å². The van der Waals surface area contributed by atoms with E-state index in [4.69, 9.17) is 15.9 Å². The molecule has 164 valence electrons. The van der Waals surface area contributed by atoms with E-state index in [0.29, 0.717) is 36.7 Å². The minimum atomic E-state index is -0.455. The van der Waals surface area contributed by atoms with Crippen LogP contribution in [0.3, 0.4) is 0 Å². The summed E-state index contributed by atoms with van der Waals surface area (Å²) in [6.07, 6.45) is 1.96. The van der Waals surface area contributed by atoms with E-state index in [9.17, 15) is 9.18 Å². The minimum Gasteiger partial charge on any atom is -0.398 e. The third-order valence-electron chi connectivity index (χ3n) is 6.15. The normalized spacial score (nSPS) is 24.5. The van der Waals surface area contributed by atoms with Gasteiger partial charge in [-0.2, -0.15) is 0 Å². The highest BCUT2D eigenvalue weighted by Crippen LogP contribution is 2.31. The number of nitrogens with two attached hydrogens (primary N) is 1. The van der Waals surface area contributed by atoms with Gasteiger partial charge in [0.15, 0.2) is 0 Å². The van der Waals surface area contributed by atoms with Crippen molar-refractivity contribution in [2.75, 3.05) is 43.9 Å². The summed E-state index contributed by atoms with van der Waals surface area (Å²) < 4.78 is 19.0. The molecule has 0 aliphatic carbocycles. The number of benzene rings is 2. The molecule has 2 aromatic carbocycles. The highest BCUT2D eigenvalue weighted by molar-refractivity contribution is 5.97. The van der Waals surface area contributed by atoms with Gasteiger partial charge in [-0.05, 0) is 42.3 Å². The van der Waals surface area contributed by atoms with Crippen molar-refractivity contribution in [3.05, 3.63) is 59.4 Å². The van der Waals surface area contributed by atoms with Crippen molar-refractivity contribution in [3.8, 4) is 0 Å². The van der Waals surface area contributed by atoms with Crippen molar-refractivity contribution in [1.29, 1.82) is 5.41 Å². The summed E-state index contributed by atoms with van der Waals surface area (Å²) in [6.45, 7) is 3.87. The molecule has 2 heterocycles. The number of anilines is 2. The highest BCUT2D eigenvalue weighted by Gasteiger charge is 2.38. The third-order valence-corrected chi connectivity index (χ3v) is 6.15. The molecule has 31 heavy (non-hydrogen) atoms. The van der Waals surface area contributed by atoms with Crippen molar-refractivity contribution >= 4 is 23.5 Å². The molecule has 2 aliphatic rings. The molecule has 0 spiro atoms. The molecule has 8 heteroatoms. The lowest BCUT2D eigenvalue weighted by Crippen LogP contribution is -2.58. The third kappa shape index (κ3) is 4.92. The summed E-state index contributed by atoms with van der Waals surface area (Å²) >= 11 is 0. The van der Waals surface area contributed by atoms with E-state index < -0.39 is 6.04 Å². The van der Waals surface area contributed by atoms with Gasteiger partial charge in [0.2, 0.25) is 5.91 Å². The Balaban J connectivity index is 1.54. The van der Waals surface area contributed by atoms with Gasteiger partial charge in [-0.1, -0.05) is 12.1 Å². The molecule has 7 nitrogen and oxygen atoms in total. The second-order valence-corrected chi connectivity index (χ2v) is 8.06. The molecule has 0 saturated carbocycles. The molecule has 0 aromatic heterocycles. The van der Waals surface area contributed by atoms with E-state index in [1.54, 1.807) is 30.3 Å². The van der Waals surface area contributed by atoms with Crippen LogP contribution in [-0.2, 0) is 9.53 Å². The molecule has 0 radical (unpaired) electrons. The lowest BCUT2D eigenvalue weighted by molar-refractivity contribution is -0.119. The zero-order valence-electron chi connectivity index (χ0n) is 17.3. The predicted molar refractivity (Wildman–Crippen MR) is 119 cm³/mol. The summed E-state index contributed by atoms with van der Waals surface area (Å²) in [5, 5.41) is 13.8. The van der Waals surface area contributed by atoms with E-state index in [-0.39, 0.29) is 23.7 Å². The largest absolute Gasteiger partial charge is 0.398 e. The molecule has 2 aliphatic heterocycles. The van der Waals surface area contributed by atoms with E-state index in [1.807, 2.05) is 0 Å². The highest BCUT2D eigenvalue weighted by atomic mass is 19.1. The number of nitrogens with one attached hydrogen (secondary N) is 3. The molecule has 2 saturated heterocycles. The van der Waals surface area contributed by atoms with Gasteiger partial charge < -0.3 is 26.5 Å². The van der Waals surface area contributed by atoms with Crippen LogP contribution in [0.15, 0.2) is 42.5 Å². The Morgan fingerprint density at radius 3 is 2.68 bits per heavy atom. The maximum atomic E-state index is 13.5. The quantitative estimate of drug-likeness (QED) is 0.434. The summed E-state index contributed by atoms with van der Waals surface area (Å²) in [5.41, 5.74) is 8.41. The first-order valence-electron chi connectivity index (χ1n) is 10.6. The Labute approximate surface area is 181 Å². The number of ether oxygens (including phenoxy) is 1. The van der Waals surface area contributed by atoms with Crippen LogP contribution in [0.2, 0.25) is 0 Å². The molecule has 2 fully saturated rings. The van der Waals surface area contributed by atoms with Gasteiger partial charge in [0.1, 0.15) is 5.82 Å². The van der Waals surface area contributed by atoms with Crippen molar-refractivity contribution in [1.82, 2.24) is 10.2 Å². The summed E-state index contributed by atoms with van der Waals surface area (Å²) in [6, 6.07) is 11.3. The monoisotopic (exact) mass is 425 g/mol. The van der Waals surface area contributed by atoms with Gasteiger partial charge in [0, 0.05) is 54.7 Å². The Bertz CT molecular complexity index is 930. The lowest BCUT2D eigenvalue weighted by atomic mass is 9.81. The fraction of sp³-hybridized carbons (Fsp3) is 0.391. The molecule has 4 rings (SSSR count). The van der Waals surface area contributed by atoms with Crippen LogP contribution in [0.5, 0.6) is 0 Å². The van der Waals surface area contributed by atoms with Crippen LogP contribution >= 0.6 is 0 Å². The zero-order chi connectivity index (χ0) is 21.8. The Morgan fingerprint density at radius 2 is 1.97 bits per heavy atom. The molecule has 3 unspecified atom stereocenters. The molecule has 3 atom stereocenters. The van der Waals surface area contributed by atoms with E-state index >= 15 is 0 Å². The molecular formula is C23H28FN5O2. The SMILES string of the molecule is N=Cc1cc(NC(=O)C2NCC(N3CCOCC3)CC2c2ccc(F)cc2)ccc1N. The second-order valence-electron chi connectivity index (χ2n) is 8.06. The number of nitrogens with zero attached hydrogens (tertiary/aromatic N) is 1. The van der Waals surface area contributed by atoms with Crippen molar-refractivity contribution < 1.29 is 13.9 Å². The van der Waals surface area contributed by atoms with E-state index in [1.165, 1.54) is 12.1 Å². The molecule has 1 amide bonds. The van der Waals surface area contributed by atoms with Gasteiger partial charge in [0.25, 0.3) is 0 Å². The number of rotatable bonds is 5. The number of morpholine rings is 1. The molecule has 0 bridgehead atoms. The smallest absolute Gasteiger partial charge is 0.242 e. The van der Waals surface area contributed by atoms with Crippen molar-refractivity contribution in [3.63, 3.8) is 0 Å². The molecular weight excluding hydrogens is 397 g/mol. The number of carbonyl (C=O) groups is 1. The molecule has 2 aromatic rings.